The van der Waals surface area contributed by atoms with Gasteiger partial charge < -0.3 is 5.73 Å². The molecular weight excluding hydrogens is 234 g/mol. The Hall–Kier alpha value is -1.69. The second kappa shape index (κ2) is 4.67. The Bertz CT molecular complexity index is 538. The molecule has 0 aliphatic heterocycles. The maximum absolute atomic E-state index is 5.79. The maximum atomic E-state index is 5.79. The number of nitrogens with two attached hydrogens (primary N) is 1. The summed E-state index contributed by atoms with van der Waals surface area (Å²) in [4.78, 5) is 16.9. The van der Waals surface area contributed by atoms with Gasteiger partial charge in [0.15, 0.2) is 5.16 Å². The number of aryl methyl sites for hydroxylation is 2. The van der Waals surface area contributed by atoms with Gasteiger partial charge in [0.05, 0.1) is 0 Å². The summed E-state index contributed by atoms with van der Waals surface area (Å²) in [5.41, 5.74) is 7.69. The number of nitrogens with zero attached hydrogens (tertiary/aromatic N) is 4. The van der Waals surface area contributed by atoms with Gasteiger partial charge in [0, 0.05) is 18.0 Å². The summed E-state index contributed by atoms with van der Waals surface area (Å²) in [5, 5.41) is 1.47. The van der Waals surface area contributed by atoms with Crippen molar-refractivity contribution in [1.29, 1.82) is 0 Å². The van der Waals surface area contributed by atoms with Gasteiger partial charge in [-0.05, 0) is 38.1 Å². The Morgan fingerprint density at radius 1 is 1.06 bits per heavy atom. The largest absolute Gasteiger partial charge is 0.383 e. The van der Waals surface area contributed by atoms with Gasteiger partial charge in [-0.15, -0.1) is 0 Å². The standard InChI is InChI=1S/C11H13N5S/c1-6-4-13-11(14-5-6)17-10-7(2)9(12)15-8(3)16-10/h4-5H,1-3H3,(H2,12,15,16). The van der Waals surface area contributed by atoms with E-state index >= 15 is 0 Å². The molecule has 0 saturated carbocycles. The minimum absolute atomic E-state index is 0.507. The highest BCUT2D eigenvalue weighted by Gasteiger charge is 2.09. The lowest BCUT2D eigenvalue weighted by Gasteiger charge is -2.06. The molecule has 6 heteroatoms. The average Bonchev–Trinajstić information content (AvgIpc) is 2.28. The number of hydrogen-bond donors (Lipinski definition) is 1. The highest BCUT2D eigenvalue weighted by Crippen LogP contribution is 2.27. The van der Waals surface area contributed by atoms with Crippen molar-refractivity contribution in [2.24, 2.45) is 0 Å². The summed E-state index contributed by atoms with van der Waals surface area (Å²) in [6, 6.07) is 0. The molecule has 0 unspecified atom stereocenters. The van der Waals surface area contributed by atoms with Crippen LogP contribution in [-0.2, 0) is 0 Å². The third kappa shape index (κ3) is 2.71. The number of aromatic nitrogens is 4. The average molecular weight is 247 g/mol. The first-order chi connectivity index (χ1) is 8.06. The van der Waals surface area contributed by atoms with Crippen LogP contribution in [-0.4, -0.2) is 19.9 Å². The van der Waals surface area contributed by atoms with Crippen LogP contribution in [0.3, 0.4) is 0 Å². The van der Waals surface area contributed by atoms with E-state index in [0.29, 0.717) is 16.8 Å². The number of rotatable bonds is 2. The van der Waals surface area contributed by atoms with E-state index in [2.05, 4.69) is 19.9 Å². The van der Waals surface area contributed by atoms with Gasteiger partial charge in [-0.1, -0.05) is 0 Å². The summed E-state index contributed by atoms with van der Waals surface area (Å²) in [6.45, 7) is 5.66. The lowest BCUT2D eigenvalue weighted by molar-refractivity contribution is 0.918. The highest BCUT2D eigenvalue weighted by atomic mass is 32.2. The molecule has 88 valence electrons. The zero-order chi connectivity index (χ0) is 12.4. The van der Waals surface area contributed by atoms with Gasteiger partial charge in [-0.25, -0.2) is 19.9 Å². The lowest BCUT2D eigenvalue weighted by atomic mass is 10.3. The second-order valence-corrected chi connectivity index (χ2v) is 4.69. The van der Waals surface area contributed by atoms with E-state index in [9.17, 15) is 0 Å². The first-order valence-electron chi connectivity index (χ1n) is 5.13. The molecule has 2 N–H and O–H groups in total. The molecule has 2 aromatic rings. The minimum Gasteiger partial charge on any atom is -0.383 e. The quantitative estimate of drug-likeness (QED) is 0.645. The molecule has 5 nitrogen and oxygen atoms in total. The van der Waals surface area contributed by atoms with Gasteiger partial charge in [0.25, 0.3) is 0 Å². The summed E-state index contributed by atoms with van der Waals surface area (Å²) in [7, 11) is 0. The molecule has 0 bridgehead atoms. The molecule has 0 saturated heterocycles. The van der Waals surface area contributed by atoms with Crippen molar-refractivity contribution in [2.45, 2.75) is 31.0 Å². The molecule has 2 rings (SSSR count). The van der Waals surface area contributed by atoms with E-state index in [1.165, 1.54) is 11.8 Å². The van der Waals surface area contributed by atoms with Crippen LogP contribution in [0.25, 0.3) is 0 Å². The van der Waals surface area contributed by atoms with Gasteiger partial charge in [-0.3, -0.25) is 0 Å². The summed E-state index contributed by atoms with van der Waals surface area (Å²) in [5.74, 6) is 1.16. The Morgan fingerprint density at radius 3 is 2.35 bits per heavy atom. The minimum atomic E-state index is 0.507. The molecule has 0 spiro atoms. The van der Waals surface area contributed by atoms with E-state index in [-0.39, 0.29) is 0 Å². The van der Waals surface area contributed by atoms with Crippen molar-refractivity contribution in [3.63, 3.8) is 0 Å². The van der Waals surface area contributed by atoms with Crippen molar-refractivity contribution in [1.82, 2.24) is 19.9 Å². The van der Waals surface area contributed by atoms with Crippen LogP contribution in [0.2, 0.25) is 0 Å². The van der Waals surface area contributed by atoms with Gasteiger partial charge >= 0.3 is 0 Å². The summed E-state index contributed by atoms with van der Waals surface area (Å²) in [6.07, 6.45) is 3.56. The fraction of sp³-hybridized carbons (Fsp3) is 0.273. The SMILES string of the molecule is Cc1cnc(Sc2nc(C)nc(N)c2C)nc1. The molecule has 2 aromatic heterocycles. The molecule has 0 aromatic carbocycles. The van der Waals surface area contributed by atoms with Crippen molar-refractivity contribution in [2.75, 3.05) is 5.73 Å². The lowest BCUT2D eigenvalue weighted by Crippen LogP contribution is -2.01. The van der Waals surface area contributed by atoms with Gasteiger partial charge in [-0.2, -0.15) is 0 Å². The monoisotopic (exact) mass is 247 g/mol. The number of nitrogen functional groups attached to an aromatic ring is 1. The maximum Gasteiger partial charge on any atom is 0.193 e. The molecule has 0 fully saturated rings. The van der Waals surface area contributed by atoms with Crippen molar-refractivity contribution in [3.8, 4) is 0 Å². The van der Waals surface area contributed by atoms with E-state index in [0.717, 1.165) is 16.2 Å². The first kappa shape index (κ1) is 11.8. The Labute approximate surface area is 104 Å². The Balaban J connectivity index is 2.32. The normalized spacial score (nSPS) is 10.5. The van der Waals surface area contributed by atoms with E-state index in [1.807, 2.05) is 20.8 Å². The summed E-state index contributed by atoms with van der Waals surface area (Å²) < 4.78 is 0. The molecule has 17 heavy (non-hydrogen) atoms. The fourth-order valence-electron chi connectivity index (χ4n) is 1.24. The second-order valence-electron chi connectivity index (χ2n) is 3.73. The third-order valence-corrected chi connectivity index (χ3v) is 3.18. The Kier molecular flexibility index (Phi) is 3.23. The van der Waals surface area contributed by atoms with Crippen LogP contribution in [0.1, 0.15) is 17.0 Å². The first-order valence-corrected chi connectivity index (χ1v) is 5.95. The predicted octanol–water partition coefficient (Wildman–Crippen LogP) is 1.93. The van der Waals surface area contributed by atoms with Crippen molar-refractivity contribution in [3.05, 3.63) is 29.3 Å². The topological polar surface area (TPSA) is 77.6 Å². The number of anilines is 1. The summed E-state index contributed by atoms with van der Waals surface area (Å²) >= 11 is 1.40. The van der Waals surface area contributed by atoms with Crippen LogP contribution in [0.15, 0.2) is 22.6 Å². The van der Waals surface area contributed by atoms with Crippen LogP contribution in [0.5, 0.6) is 0 Å². The third-order valence-electron chi connectivity index (χ3n) is 2.20. The molecule has 0 radical (unpaired) electrons. The van der Waals surface area contributed by atoms with E-state index in [4.69, 9.17) is 5.73 Å². The zero-order valence-electron chi connectivity index (χ0n) is 9.93. The molecular formula is C11H13N5S. The van der Waals surface area contributed by atoms with Crippen molar-refractivity contribution < 1.29 is 0 Å². The Morgan fingerprint density at radius 2 is 1.71 bits per heavy atom. The van der Waals surface area contributed by atoms with Crippen LogP contribution >= 0.6 is 11.8 Å². The zero-order valence-corrected chi connectivity index (χ0v) is 10.7. The van der Waals surface area contributed by atoms with Crippen LogP contribution in [0.4, 0.5) is 5.82 Å². The molecule has 2 heterocycles. The molecule has 0 aliphatic carbocycles. The number of hydrogen-bond acceptors (Lipinski definition) is 6. The van der Waals surface area contributed by atoms with E-state index in [1.54, 1.807) is 12.4 Å². The molecule has 0 aliphatic rings. The fourth-order valence-corrected chi connectivity index (χ4v) is 2.06. The van der Waals surface area contributed by atoms with Crippen LogP contribution < -0.4 is 5.73 Å². The van der Waals surface area contributed by atoms with Gasteiger partial charge in [0.2, 0.25) is 0 Å². The van der Waals surface area contributed by atoms with Crippen LogP contribution in [0, 0.1) is 20.8 Å². The highest BCUT2D eigenvalue weighted by molar-refractivity contribution is 7.99. The predicted molar refractivity (Wildman–Crippen MR) is 66.8 cm³/mol. The molecule has 0 amide bonds. The van der Waals surface area contributed by atoms with Crippen molar-refractivity contribution >= 4 is 17.6 Å². The smallest absolute Gasteiger partial charge is 0.193 e. The molecule has 0 atom stereocenters. The van der Waals surface area contributed by atoms with Gasteiger partial charge in [0.1, 0.15) is 16.7 Å². The van der Waals surface area contributed by atoms with E-state index < -0.39 is 0 Å².